The lowest BCUT2D eigenvalue weighted by atomic mass is 10.0. The molecule has 1 heterocycles. The lowest BCUT2D eigenvalue weighted by molar-refractivity contribution is 0.0913. The Labute approximate surface area is 113 Å². The molecule has 1 aliphatic rings. The highest BCUT2D eigenvalue weighted by Gasteiger charge is 2.20. The summed E-state index contributed by atoms with van der Waals surface area (Å²) in [5, 5.41) is 3.05. The molecule has 2 rings (SSSR count). The van der Waals surface area contributed by atoms with Crippen LogP contribution in [0.4, 0.5) is 11.4 Å². The average molecular weight is 262 g/mol. The van der Waals surface area contributed by atoms with Crippen molar-refractivity contribution in [2.75, 3.05) is 31.1 Å². The minimum atomic E-state index is -0.104. The van der Waals surface area contributed by atoms with Crippen LogP contribution in [-0.2, 0) is 0 Å². The Morgan fingerprint density at radius 2 is 2.05 bits per heavy atom. The minimum Gasteiger partial charge on any atom is -0.399 e. The van der Waals surface area contributed by atoms with E-state index in [0.717, 1.165) is 32.5 Å². The third-order valence-corrected chi connectivity index (χ3v) is 3.69. The number of nitrogens with two attached hydrogens (primary N) is 2. The van der Waals surface area contributed by atoms with Crippen LogP contribution >= 0.6 is 0 Å². The largest absolute Gasteiger partial charge is 0.399 e. The van der Waals surface area contributed by atoms with Crippen LogP contribution in [0.1, 0.15) is 30.1 Å². The molecule has 5 heteroatoms. The molecule has 0 aliphatic carbocycles. The normalized spacial score (nSPS) is 17.3. The molecule has 1 aromatic carbocycles. The van der Waals surface area contributed by atoms with Gasteiger partial charge in [-0.3, -0.25) is 4.79 Å². The van der Waals surface area contributed by atoms with E-state index in [-0.39, 0.29) is 11.9 Å². The number of anilines is 2. The van der Waals surface area contributed by atoms with Gasteiger partial charge in [0.2, 0.25) is 0 Å². The fourth-order valence-corrected chi connectivity index (χ4v) is 2.44. The number of nitrogens with one attached hydrogen (secondary N) is 1. The van der Waals surface area contributed by atoms with E-state index in [1.807, 2.05) is 0 Å². The highest BCUT2D eigenvalue weighted by atomic mass is 16.1. The number of benzene rings is 1. The average Bonchev–Trinajstić information content (AvgIpc) is 2.39. The molecule has 0 radical (unpaired) electrons. The minimum absolute atomic E-state index is 0.104. The molecule has 104 valence electrons. The maximum absolute atomic E-state index is 12.2. The van der Waals surface area contributed by atoms with E-state index in [4.69, 9.17) is 11.5 Å². The van der Waals surface area contributed by atoms with Gasteiger partial charge in [-0.25, -0.2) is 0 Å². The van der Waals surface area contributed by atoms with Gasteiger partial charge >= 0.3 is 0 Å². The van der Waals surface area contributed by atoms with E-state index in [9.17, 15) is 4.79 Å². The van der Waals surface area contributed by atoms with Gasteiger partial charge in [0, 0.05) is 30.5 Å². The molecule has 5 N–H and O–H groups in total. The molecule has 1 aliphatic heterocycles. The zero-order valence-corrected chi connectivity index (χ0v) is 11.4. The van der Waals surface area contributed by atoms with Gasteiger partial charge in [-0.05, 0) is 37.6 Å². The van der Waals surface area contributed by atoms with E-state index in [1.165, 1.54) is 0 Å². The molecule has 0 bridgehead atoms. The second-order valence-electron chi connectivity index (χ2n) is 5.03. The molecule has 0 aromatic heterocycles. The van der Waals surface area contributed by atoms with E-state index in [2.05, 4.69) is 17.1 Å². The van der Waals surface area contributed by atoms with Crippen molar-refractivity contribution in [2.45, 2.75) is 25.8 Å². The van der Waals surface area contributed by atoms with Gasteiger partial charge in [-0.1, -0.05) is 6.92 Å². The van der Waals surface area contributed by atoms with Crippen LogP contribution < -0.4 is 16.8 Å². The quantitative estimate of drug-likeness (QED) is 0.711. The lowest BCUT2D eigenvalue weighted by Gasteiger charge is -2.31. The molecule has 0 unspecified atom stereocenters. The van der Waals surface area contributed by atoms with Crippen LogP contribution in [0.2, 0.25) is 0 Å². The van der Waals surface area contributed by atoms with Crippen LogP contribution in [0.25, 0.3) is 0 Å². The Morgan fingerprint density at radius 1 is 1.37 bits per heavy atom. The first-order valence-electron chi connectivity index (χ1n) is 6.78. The van der Waals surface area contributed by atoms with Crippen molar-refractivity contribution >= 4 is 17.3 Å². The van der Waals surface area contributed by atoms with Crippen molar-refractivity contribution in [3.05, 3.63) is 23.8 Å². The number of carbonyl (C=O) groups excluding carboxylic acids is 1. The Morgan fingerprint density at radius 3 is 2.63 bits per heavy atom. The van der Waals surface area contributed by atoms with Gasteiger partial charge in [-0.2, -0.15) is 0 Å². The fraction of sp³-hybridized carbons (Fsp3) is 0.500. The first-order valence-corrected chi connectivity index (χ1v) is 6.78. The fourth-order valence-electron chi connectivity index (χ4n) is 2.44. The van der Waals surface area contributed by atoms with Gasteiger partial charge in [0.15, 0.2) is 0 Å². The number of rotatable bonds is 3. The lowest BCUT2D eigenvalue weighted by Crippen LogP contribution is -2.44. The molecule has 1 saturated heterocycles. The molecule has 19 heavy (non-hydrogen) atoms. The Balaban J connectivity index is 1.94. The summed E-state index contributed by atoms with van der Waals surface area (Å²) in [5.74, 6) is -0.104. The van der Waals surface area contributed by atoms with Gasteiger partial charge in [0.05, 0.1) is 5.56 Å². The molecule has 1 aromatic rings. The summed E-state index contributed by atoms with van der Waals surface area (Å²) in [6, 6.07) is 5.24. The highest BCUT2D eigenvalue weighted by molar-refractivity contribution is 5.99. The SMILES string of the molecule is CCN1CCC(NC(=O)c2ccc(N)cc2N)CC1. The van der Waals surface area contributed by atoms with Crippen molar-refractivity contribution < 1.29 is 4.79 Å². The zero-order chi connectivity index (χ0) is 13.8. The van der Waals surface area contributed by atoms with Crippen molar-refractivity contribution in [3.8, 4) is 0 Å². The number of piperidine rings is 1. The first-order chi connectivity index (χ1) is 9.10. The van der Waals surface area contributed by atoms with Crippen molar-refractivity contribution in [1.29, 1.82) is 0 Å². The van der Waals surface area contributed by atoms with E-state index >= 15 is 0 Å². The first kappa shape index (κ1) is 13.7. The van der Waals surface area contributed by atoms with E-state index in [0.29, 0.717) is 16.9 Å². The standard InChI is InChI=1S/C14H22N4O/c1-2-18-7-5-11(6-8-18)17-14(19)12-4-3-10(15)9-13(12)16/h3-4,9,11H,2,5-8,15-16H2,1H3,(H,17,19). The summed E-state index contributed by atoms with van der Waals surface area (Å²) in [4.78, 5) is 14.5. The molecular formula is C14H22N4O. The monoisotopic (exact) mass is 262 g/mol. The van der Waals surface area contributed by atoms with Gasteiger partial charge in [-0.15, -0.1) is 0 Å². The summed E-state index contributed by atoms with van der Waals surface area (Å²) in [6.07, 6.45) is 1.99. The Hall–Kier alpha value is -1.75. The molecule has 0 saturated carbocycles. The number of hydrogen-bond donors (Lipinski definition) is 3. The maximum Gasteiger partial charge on any atom is 0.253 e. The van der Waals surface area contributed by atoms with Gasteiger partial charge in [0.25, 0.3) is 5.91 Å². The van der Waals surface area contributed by atoms with Gasteiger partial charge < -0.3 is 21.7 Å². The van der Waals surface area contributed by atoms with Crippen molar-refractivity contribution in [1.82, 2.24) is 10.2 Å². The maximum atomic E-state index is 12.2. The van der Waals surface area contributed by atoms with E-state index in [1.54, 1.807) is 18.2 Å². The second-order valence-corrected chi connectivity index (χ2v) is 5.03. The molecule has 1 amide bonds. The summed E-state index contributed by atoms with van der Waals surface area (Å²) >= 11 is 0. The number of likely N-dealkylation sites (tertiary alicyclic amines) is 1. The number of amides is 1. The topological polar surface area (TPSA) is 84.4 Å². The van der Waals surface area contributed by atoms with Crippen LogP contribution in [0.15, 0.2) is 18.2 Å². The molecule has 0 atom stereocenters. The van der Waals surface area contributed by atoms with Crippen LogP contribution in [0.5, 0.6) is 0 Å². The highest BCUT2D eigenvalue weighted by Crippen LogP contribution is 2.17. The molecular weight excluding hydrogens is 240 g/mol. The zero-order valence-electron chi connectivity index (χ0n) is 11.4. The predicted molar refractivity (Wildman–Crippen MR) is 77.9 cm³/mol. The van der Waals surface area contributed by atoms with Crippen LogP contribution in [0, 0.1) is 0 Å². The summed E-state index contributed by atoms with van der Waals surface area (Å²) in [7, 11) is 0. The number of carbonyl (C=O) groups is 1. The smallest absolute Gasteiger partial charge is 0.253 e. The molecule has 0 spiro atoms. The molecule has 1 fully saturated rings. The Bertz CT molecular complexity index is 453. The third kappa shape index (κ3) is 3.38. The number of hydrogen-bond acceptors (Lipinski definition) is 4. The van der Waals surface area contributed by atoms with Gasteiger partial charge in [0.1, 0.15) is 0 Å². The third-order valence-electron chi connectivity index (χ3n) is 3.69. The Kier molecular flexibility index (Phi) is 4.27. The summed E-state index contributed by atoms with van der Waals surface area (Å²) in [5.41, 5.74) is 13.0. The second kappa shape index (κ2) is 5.93. The summed E-state index contributed by atoms with van der Waals surface area (Å²) < 4.78 is 0. The molecule has 5 nitrogen and oxygen atoms in total. The predicted octanol–water partition coefficient (Wildman–Crippen LogP) is 1.07. The van der Waals surface area contributed by atoms with Crippen LogP contribution in [0.3, 0.4) is 0 Å². The summed E-state index contributed by atoms with van der Waals surface area (Å²) in [6.45, 7) is 5.32. The van der Waals surface area contributed by atoms with E-state index < -0.39 is 0 Å². The number of nitrogen functional groups attached to an aromatic ring is 2. The van der Waals surface area contributed by atoms with Crippen LogP contribution in [-0.4, -0.2) is 36.5 Å². The van der Waals surface area contributed by atoms with Crippen molar-refractivity contribution in [3.63, 3.8) is 0 Å². The number of nitrogens with zero attached hydrogens (tertiary/aromatic N) is 1. The van der Waals surface area contributed by atoms with Crippen molar-refractivity contribution in [2.24, 2.45) is 0 Å².